The van der Waals surface area contributed by atoms with Gasteiger partial charge in [0.2, 0.25) is 0 Å². The van der Waals surface area contributed by atoms with Crippen LogP contribution in [0.25, 0.3) is 0 Å². The zero-order valence-electron chi connectivity index (χ0n) is 7.71. The topological polar surface area (TPSA) is 85.5 Å². The van der Waals surface area contributed by atoms with Gasteiger partial charge in [0.15, 0.2) is 5.82 Å². The first-order valence-corrected chi connectivity index (χ1v) is 5.99. The standard InChI is InChI=1S/C7H9N3O3S/c1-14(2,13)9-7-4-3-6(5-8-7)10(11)12/h3-5H,1-2H3. The van der Waals surface area contributed by atoms with Gasteiger partial charge < -0.3 is 0 Å². The second kappa shape index (κ2) is 3.70. The van der Waals surface area contributed by atoms with Crippen LogP contribution in [0, 0.1) is 10.1 Å². The van der Waals surface area contributed by atoms with Gasteiger partial charge in [-0.25, -0.2) is 9.19 Å². The monoisotopic (exact) mass is 215 g/mol. The number of pyridine rings is 1. The van der Waals surface area contributed by atoms with Crippen LogP contribution in [0.1, 0.15) is 0 Å². The Labute approximate surface area is 81.3 Å². The van der Waals surface area contributed by atoms with Crippen molar-refractivity contribution in [3.05, 3.63) is 28.4 Å². The van der Waals surface area contributed by atoms with Gasteiger partial charge in [0, 0.05) is 28.3 Å². The summed E-state index contributed by atoms with van der Waals surface area (Å²) in [5.74, 6) is 0.241. The largest absolute Gasteiger partial charge is 0.287 e. The van der Waals surface area contributed by atoms with Crippen molar-refractivity contribution >= 4 is 21.2 Å². The molecule has 0 saturated heterocycles. The van der Waals surface area contributed by atoms with Crippen LogP contribution in [0.3, 0.4) is 0 Å². The normalized spacial score (nSPS) is 11.0. The molecule has 0 aromatic carbocycles. The second-order valence-corrected chi connectivity index (χ2v) is 5.45. The Hall–Kier alpha value is -1.50. The van der Waals surface area contributed by atoms with E-state index < -0.39 is 14.7 Å². The lowest BCUT2D eigenvalue weighted by atomic mass is 10.4. The van der Waals surface area contributed by atoms with Gasteiger partial charge in [0.25, 0.3) is 5.69 Å². The highest BCUT2D eigenvalue weighted by Gasteiger charge is 2.04. The molecule has 0 amide bonds. The number of hydrogen-bond donors (Lipinski definition) is 0. The van der Waals surface area contributed by atoms with E-state index in [0.717, 1.165) is 6.20 Å². The molecule has 1 aromatic heterocycles. The summed E-state index contributed by atoms with van der Waals surface area (Å²) < 4.78 is 15.0. The Balaban J connectivity index is 3.07. The number of hydrogen-bond acceptors (Lipinski definition) is 5. The lowest BCUT2D eigenvalue weighted by Crippen LogP contribution is -1.91. The fourth-order valence-corrected chi connectivity index (χ4v) is 1.32. The van der Waals surface area contributed by atoms with Gasteiger partial charge in [-0.05, 0) is 6.07 Å². The lowest BCUT2D eigenvalue weighted by molar-refractivity contribution is -0.385. The average molecular weight is 215 g/mol. The van der Waals surface area contributed by atoms with Crippen LogP contribution in [0.5, 0.6) is 0 Å². The Morgan fingerprint density at radius 1 is 1.50 bits per heavy atom. The highest BCUT2D eigenvalue weighted by Crippen LogP contribution is 2.14. The second-order valence-electron chi connectivity index (χ2n) is 2.90. The summed E-state index contributed by atoms with van der Waals surface area (Å²) in [5, 5.41) is 10.3. The van der Waals surface area contributed by atoms with Crippen molar-refractivity contribution in [1.29, 1.82) is 0 Å². The van der Waals surface area contributed by atoms with Crippen LogP contribution in [0.2, 0.25) is 0 Å². The number of nitrogens with zero attached hydrogens (tertiary/aromatic N) is 3. The van der Waals surface area contributed by atoms with E-state index in [9.17, 15) is 14.3 Å². The van der Waals surface area contributed by atoms with Crippen LogP contribution < -0.4 is 0 Å². The molecule has 0 atom stereocenters. The van der Waals surface area contributed by atoms with Crippen LogP contribution in [-0.4, -0.2) is 26.6 Å². The molecule has 0 unspecified atom stereocenters. The molecule has 0 bridgehead atoms. The number of nitro groups is 1. The highest BCUT2D eigenvalue weighted by molar-refractivity contribution is 7.92. The average Bonchev–Trinajstić information content (AvgIpc) is 2.02. The maximum Gasteiger partial charge on any atom is 0.287 e. The number of rotatable bonds is 2. The molecule has 0 N–H and O–H groups in total. The predicted octanol–water partition coefficient (Wildman–Crippen LogP) is 1.35. The van der Waals surface area contributed by atoms with Gasteiger partial charge in [-0.3, -0.25) is 10.1 Å². The molecule has 0 aliphatic heterocycles. The van der Waals surface area contributed by atoms with Crippen molar-refractivity contribution in [2.75, 3.05) is 12.5 Å². The Bertz CT molecular complexity index is 452. The van der Waals surface area contributed by atoms with Gasteiger partial charge in [-0.2, -0.15) is 4.36 Å². The molecule has 0 spiro atoms. The molecule has 0 radical (unpaired) electrons. The summed E-state index contributed by atoms with van der Waals surface area (Å²) in [6.45, 7) is 0. The third-order valence-corrected chi connectivity index (χ3v) is 1.88. The molecule has 14 heavy (non-hydrogen) atoms. The summed E-state index contributed by atoms with van der Waals surface area (Å²) in [7, 11) is -2.27. The molecule has 7 heteroatoms. The Morgan fingerprint density at radius 3 is 2.50 bits per heavy atom. The van der Waals surface area contributed by atoms with Gasteiger partial charge in [0.1, 0.15) is 6.20 Å². The van der Waals surface area contributed by atoms with Crippen molar-refractivity contribution in [1.82, 2.24) is 4.98 Å². The molecule has 0 aliphatic carbocycles. The van der Waals surface area contributed by atoms with E-state index in [4.69, 9.17) is 0 Å². The number of aromatic nitrogens is 1. The maximum atomic E-state index is 11.2. The smallest absolute Gasteiger partial charge is 0.258 e. The van der Waals surface area contributed by atoms with Gasteiger partial charge in [0.05, 0.1) is 4.92 Å². The first-order valence-electron chi connectivity index (χ1n) is 3.66. The summed E-state index contributed by atoms with van der Waals surface area (Å²) in [4.78, 5) is 13.4. The predicted molar refractivity (Wildman–Crippen MR) is 53.0 cm³/mol. The van der Waals surface area contributed by atoms with Crippen LogP contribution in [0.15, 0.2) is 22.7 Å². The molecule has 0 saturated carbocycles. The molecule has 6 nitrogen and oxygen atoms in total. The van der Waals surface area contributed by atoms with E-state index in [-0.39, 0.29) is 11.5 Å². The zero-order chi connectivity index (χ0) is 10.8. The van der Waals surface area contributed by atoms with Crippen molar-refractivity contribution in [3.63, 3.8) is 0 Å². The molecule has 76 valence electrons. The fraction of sp³-hybridized carbons (Fsp3) is 0.286. The van der Waals surface area contributed by atoms with Gasteiger partial charge >= 0.3 is 0 Å². The van der Waals surface area contributed by atoms with Gasteiger partial charge in [-0.15, -0.1) is 0 Å². The Morgan fingerprint density at radius 2 is 2.14 bits per heavy atom. The molecular weight excluding hydrogens is 206 g/mol. The van der Waals surface area contributed by atoms with Crippen molar-refractivity contribution in [2.45, 2.75) is 0 Å². The van der Waals surface area contributed by atoms with E-state index in [2.05, 4.69) is 9.35 Å². The quantitative estimate of drug-likeness (QED) is 0.550. The van der Waals surface area contributed by atoms with Gasteiger partial charge in [-0.1, -0.05) is 0 Å². The summed E-state index contributed by atoms with van der Waals surface area (Å²) in [5.41, 5.74) is -0.109. The minimum atomic E-state index is -2.27. The lowest BCUT2D eigenvalue weighted by Gasteiger charge is -1.95. The van der Waals surface area contributed by atoms with Crippen molar-refractivity contribution in [2.24, 2.45) is 4.36 Å². The van der Waals surface area contributed by atoms with E-state index in [1.165, 1.54) is 24.6 Å². The summed E-state index contributed by atoms with van der Waals surface area (Å²) in [6, 6.07) is 2.64. The van der Waals surface area contributed by atoms with Crippen LogP contribution in [-0.2, 0) is 9.73 Å². The van der Waals surface area contributed by atoms with E-state index in [1.54, 1.807) is 0 Å². The summed E-state index contributed by atoms with van der Waals surface area (Å²) in [6.07, 6.45) is 4.02. The molecule has 1 aromatic rings. The first-order chi connectivity index (χ1) is 6.38. The molecule has 0 fully saturated rings. The van der Waals surface area contributed by atoms with Crippen LogP contribution >= 0.6 is 0 Å². The first kappa shape index (κ1) is 10.6. The van der Waals surface area contributed by atoms with E-state index in [0.29, 0.717) is 0 Å². The minimum Gasteiger partial charge on any atom is -0.258 e. The third kappa shape index (κ3) is 3.09. The van der Waals surface area contributed by atoms with E-state index >= 15 is 0 Å². The molecule has 1 heterocycles. The molecular formula is C7H9N3O3S. The summed E-state index contributed by atoms with van der Waals surface area (Å²) >= 11 is 0. The van der Waals surface area contributed by atoms with Crippen molar-refractivity contribution in [3.8, 4) is 0 Å². The SMILES string of the molecule is CS(C)(=O)=Nc1ccc([N+](=O)[O-])cn1. The third-order valence-electron chi connectivity index (χ3n) is 1.26. The highest BCUT2D eigenvalue weighted by atomic mass is 32.2. The maximum absolute atomic E-state index is 11.2. The fourth-order valence-electron chi connectivity index (χ4n) is 0.765. The molecule has 0 aliphatic rings. The Kier molecular flexibility index (Phi) is 2.80. The van der Waals surface area contributed by atoms with Crippen LogP contribution in [0.4, 0.5) is 11.5 Å². The molecule has 1 rings (SSSR count). The van der Waals surface area contributed by atoms with E-state index in [1.807, 2.05) is 0 Å². The van der Waals surface area contributed by atoms with Crippen molar-refractivity contribution < 1.29 is 9.13 Å². The minimum absolute atomic E-state index is 0.109. The zero-order valence-corrected chi connectivity index (χ0v) is 8.52.